The average Bonchev–Trinajstić information content (AvgIpc) is 2.59. The van der Waals surface area contributed by atoms with Crippen LogP contribution in [0.1, 0.15) is 37.8 Å². The molecule has 0 atom stereocenters. The van der Waals surface area contributed by atoms with Gasteiger partial charge in [-0.15, -0.1) is 0 Å². The van der Waals surface area contributed by atoms with Crippen molar-refractivity contribution in [3.63, 3.8) is 0 Å². The van der Waals surface area contributed by atoms with Crippen LogP contribution in [0, 0.1) is 0 Å². The minimum absolute atomic E-state index is 0.0414. The van der Waals surface area contributed by atoms with Crippen LogP contribution in [-0.4, -0.2) is 24.3 Å². The topological polar surface area (TPSA) is 55.8 Å². The Kier molecular flexibility index (Phi) is 4.26. The zero-order valence-electron chi connectivity index (χ0n) is 12.3. The Morgan fingerprint density at radius 2 is 1.64 bits per heavy atom. The van der Waals surface area contributed by atoms with E-state index in [1.165, 1.54) is 19.9 Å². The molecule has 1 heterocycles. The van der Waals surface area contributed by atoms with E-state index in [0.29, 0.717) is 13.0 Å². The molecule has 0 bridgehead atoms. The van der Waals surface area contributed by atoms with Gasteiger partial charge in [0.05, 0.1) is 25.2 Å². The number of hydrogen-bond acceptors (Lipinski definition) is 3. The fourth-order valence-corrected chi connectivity index (χ4v) is 2.48. The van der Waals surface area contributed by atoms with Gasteiger partial charge in [-0.3, -0.25) is 4.79 Å². The Bertz CT molecular complexity index is 579. The van der Waals surface area contributed by atoms with Crippen LogP contribution >= 0.6 is 0 Å². The van der Waals surface area contributed by atoms with Gasteiger partial charge in [-0.25, -0.2) is 0 Å². The third-order valence-corrected chi connectivity index (χ3v) is 3.52. The van der Waals surface area contributed by atoms with Gasteiger partial charge in [0.2, 0.25) is 0 Å². The first-order chi connectivity index (χ1) is 10.1. The molecule has 0 saturated heterocycles. The molecule has 0 amide bonds. The number of carboxylic acid groups (broad SMARTS) is 1. The van der Waals surface area contributed by atoms with Crippen LogP contribution in [0.4, 0.5) is 13.2 Å². The molecule has 0 aromatic heterocycles. The molecule has 22 heavy (non-hydrogen) atoms. The zero-order valence-corrected chi connectivity index (χ0v) is 12.3. The van der Waals surface area contributed by atoms with Gasteiger partial charge in [0.15, 0.2) is 11.5 Å². The second-order valence-corrected chi connectivity index (χ2v) is 5.85. The lowest BCUT2D eigenvalue weighted by Gasteiger charge is -2.28. The lowest BCUT2D eigenvalue weighted by Crippen LogP contribution is -2.26. The van der Waals surface area contributed by atoms with Gasteiger partial charge in [-0.2, -0.15) is 13.2 Å². The summed E-state index contributed by atoms with van der Waals surface area (Å²) in [5.74, 6) is -0.899. The Morgan fingerprint density at radius 3 is 2.09 bits per heavy atom. The van der Waals surface area contributed by atoms with E-state index >= 15 is 0 Å². The SMILES string of the molecule is CC(C)(CC(=O)O)c1cc2c(cc1C(F)(F)F)OCCCO2. The summed E-state index contributed by atoms with van der Waals surface area (Å²) in [7, 11) is 0. The number of ether oxygens (including phenoxy) is 2. The zero-order chi connectivity index (χ0) is 16.5. The Labute approximate surface area is 125 Å². The van der Waals surface area contributed by atoms with Gasteiger partial charge in [0.1, 0.15) is 0 Å². The largest absolute Gasteiger partial charge is 0.490 e. The lowest BCUT2D eigenvalue weighted by atomic mass is 9.78. The summed E-state index contributed by atoms with van der Waals surface area (Å²) < 4.78 is 50.7. The molecule has 0 fully saturated rings. The van der Waals surface area contributed by atoms with Crippen molar-refractivity contribution in [3.05, 3.63) is 23.3 Å². The molecule has 1 aliphatic heterocycles. The van der Waals surface area contributed by atoms with Crippen LogP contribution < -0.4 is 9.47 Å². The second-order valence-electron chi connectivity index (χ2n) is 5.85. The number of rotatable bonds is 3. The molecule has 1 aromatic rings. The fraction of sp³-hybridized carbons (Fsp3) is 0.533. The van der Waals surface area contributed by atoms with Crippen LogP contribution in [0.25, 0.3) is 0 Å². The first-order valence-corrected chi connectivity index (χ1v) is 6.84. The van der Waals surface area contributed by atoms with Gasteiger partial charge in [0.25, 0.3) is 0 Å². The van der Waals surface area contributed by atoms with Crippen molar-refractivity contribution >= 4 is 5.97 Å². The van der Waals surface area contributed by atoms with Crippen molar-refractivity contribution in [1.82, 2.24) is 0 Å². The number of aliphatic carboxylic acids is 1. The minimum Gasteiger partial charge on any atom is -0.490 e. The number of carboxylic acids is 1. The third-order valence-electron chi connectivity index (χ3n) is 3.52. The van der Waals surface area contributed by atoms with Crippen molar-refractivity contribution in [3.8, 4) is 11.5 Å². The molecule has 1 aliphatic rings. The predicted octanol–water partition coefficient (Wildman–Crippen LogP) is 3.62. The molecule has 122 valence electrons. The molecule has 1 N–H and O–H groups in total. The summed E-state index contributed by atoms with van der Waals surface area (Å²) in [6.45, 7) is 3.56. The highest BCUT2D eigenvalue weighted by Gasteiger charge is 2.40. The van der Waals surface area contributed by atoms with E-state index in [9.17, 15) is 18.0 Å². The highest BCUT2D eigenvalue weighted by molar-refractivity contribution is 5.69. The Balaban J connectivity index is 2.60. The summed E-state index contributed by atoms with van der Waals surface area (Å²) in [6.07, 6.45) is -4.45. The molecule has 0 aliphatic carbocycles. The predicted molar refractivity (Wildman–Crippen MR) is 72.3 cm³/mol. The van der Waals surface area contributed by atoms with Crippen LogP contribution in [0.15, 0.2) is 12.1 Å². The van der Waals surface area contributed by atoms with E-state index in [-0.39, 0.29) is 23.7 Å². The molecular formula is C15H17F3O4. The maximum absolute atomic E-state index is 13.3. The normalized spacial score (nSPS) is 15.3. The number of hydrogen-bond donors (Lipinski definition) is 1. The van der Waals surface area contributed by atoms with Crippen molar-refractivity contribution < 1.29 is 32.5 Å². The number of fused-ring (bicyclic) bond motifs is 1. The van der Waals surface area contributed by atoms with E-state index in [1.807, 2.05) is 0 Å². The molecule has 7 heteroatoms. The summed E-state index contributed by atoms with van der Waals surface area (Å²) in [6, 6.07) is 2.16. The molecule has 1 aromatic carbocycles. The molecule has 2 rings (SSSR count). The van der Waals surface area contributed by atoms with Crippen molar-refractivity contribution in [2.75, 3.05) is 13.2 Å². The smallest absolute Gasteiger partial charge is 0.416 e. The van der Waals surface area contributed by atoms with Crippen molar-refractivity contribution in [2.45, 2.75) is 38.3 Å². The summed E-state index contributed by atoms with van der Waals surface area (Å²) in [5.41, 5.74) is -2.18. The van der Waals surface area contributed by atoms with Gasteiger partial charge in [-0.1, -0.05) is 13.8 Å². The monoisotopic (exact) mass is 318 g/mol. The molecule has 0 saturated carbocycles. The molecule has 0 radical (unpaired) electrons. The standard InChI is InChI=1S/C15H17F3O4/c1-14(2,8-13(19)20)9-6-11-12(22-5-3-4-21-11)7-10(9)15(16,17)18/h6-7H,3-5,8H2,1-2H3,(H,19,20). The summed E-state index contributed by atoms with van der Waals surface area (Å²) >= 11 is 0. The average molecular weight is 318 g/mol. The number of benzene rings is 1. The van der Waals surface area contributed by atoms with E-state index in [2.05, 4.69) is 0 Å². The van der Waals surface area contributed by atoms with Gasteiger partial charge < -0.3 is 14.6 Å². The number of halogens is 3. The first kappa shape index (κ1) is 16.5. The van der Waals surface area contributed by atoms with Crippen LogP contribution in [0.5, 0.6) is 11.5 Å². The van der Waals surface area contributed by atoms with Crippen molar-refractivity contribution in [1.29, 1.82) is 0 Å². The summed E-state index contributed by atoms with van der Waals surface area (Å²) in [5, 5.41) is 8.95. The molecule has 4 nitrogen and oxygen atoms in total. The Hall–Kier alpha value is -1.92. The minimum atomic E-state index is -4.60. The third kappa shape index (κ3) is 3.45. The highest BCUT2D eigenvalue weighted by Crippen LogP contribution is 2.45. The van der Waals surface area contributed by atoms with Crippen molar-refractivity contribution in [2.24, 2.45) is 0 Å². The van der Waals surface area contributed by atoms with E-state index in [1.54, 1.807) is 0 Å². The Morgan fingerprint density at radius 1 is 1.14 bits per heavy atom. The quantitative estimate of drug-likeness (QED) is 0.925. The maximum Gasteiger partial charge on any atom is 0.416 e. The molecular weight excluding hydrogens is 301 g/mol. The first-order valence-electron chi connectivity index (χ1n) is 6.84. The lowest BCUT2D eigenvalue weighted by molar-refractivity contribution is -0.141. The fourth-order valence-electron chi connectivity index (χ4n) is 2.48. The highest BCUT2D eigenvalue weighted by atomic mass is 19.4. The van der Waals surface area contributed by atoms with Gasteiger partial charge >= 0.3 is 12.1 Å². The van der Waals surface area contributed by atoms with E-state index < -0.39 is 29.5 Å². The number of alkyl halides is 3. The number of carbonyl (C=O) groups is 1. The van der Waals surface area contributed by atoms with Gasteiger partial charge in [0, 0.05) is 11.8 Å². The van der Waals surface area contributed by atoms with Crippen LogP contribution in [0.2, 0.25) is 0 Å². The molecule has 0 unspecified atom stereocenters. The van der Waals surface area contributed by atoms with E-state index in [4.69, 9.17) is 14.6 Å². The maximum atomic E-state index is 13.3. The van der Waals surface area contributed by atoms with Gasteiger partial charge in [-0.05, 0) is 17.7 Å². The van der Waals surface area contributed by atoms with E-state index in [0.717, 1.165) is 6.07 Å². The van der Waals surface area contributed by atoms with Crippen LogP contribution in [0.3, 0.4) is 0 Å². The summed E-state index contributed by atoms with van der Waals surface area (Å²) in [4.78, 5) is 11.0. The second kappa shape index (κ2) is 5.70. The van der Waals surface area contributed by atoms with Crippen LogP contribution in [-0.2, 0) is 16.4 Å². The molecule has 0 spiro atoms.